The van der Waals surface area contributed by atoms with Gasteiger partial charge in [0.05, 0.1) is 0 Å². The third kappa shape index (κ3) is 1.87. The Morgan fingerprint density at radius 3 is 2.38 bits per heavy atom. The van der Waals surface area contributed by atoms with E-state index in [2.05, 4.69) is 5.32 Å². The monoisotopic (exact) mass is 230 g/mol. The van der Waals surface area contributed by atoms with Crippen molar-refractivity contribution in [1.29, 1.82) is 0 Å². The summed E-state index contributed by atoms with van der Waals surface area (Å²) in [5.74, 6) is -2.75. The first-order chi connectivity index (χ1) is 7.61. The molecule has 0 amide bonds. The van der Waals surface area contributed by atoms with Crippen LogP contribution in [-0.2, 0) is 0 Å². The van der Waals surface area contributed by atoms with Crippen LogP contribution in [0.5, 0.6) is 0 Å². The molecule has 1 aromatic carbocycles. The van der Waals surface area contributed by atoms with Crippen LogP contribution in [0, 0.1) is 24.4 Å². The van der Waals surface area contributed by atoms with Gasteiger partial charge in [-0.2, -0.15) is 0 Å². The number of hydrogen-bond donors (Lipinski definition) is 1. The van der Waals surface area contributed by atoms with E-state index in [0.717, 1.165) is 6.07 Å². The number of halogens is 3. The van der Waals surface area contributed by atoms with Gasteiger partial charge < -0.3 is 10.2 Å². The standard InChI is InChI=1S/C11H13F3N2/c1-7-6-8(12)10(14)11(9(7)13)16-4-2-15-3-5-16/h6,15H,2-5H2,1H3. The highest BCUT2D eigenvalue weighted by molar-refractivity contribution is 5.52. The fourth-order valence-corrected chi connectivity index (χ4v) is 1.88. The molecule has 5 heteroatoms. The summed E-state index contributed by atoms with van der Waals surface area (Å²) >= 11 is 0. The Labute approximate surface area is 92.1 Å². The molecular weight excluding hydrogens is 217 g/mol. The minimum atomic E-state index is -1.09. The highest BCUT2D eigenvalue weighted by Crippen LogP contribution is 2.28. The lowest BCUT2D eigenvalue weighted by molar-refractivity contribution is 0.480. The van der Waals surface area contributed by atoms with Crippen LogP contribution in [0.15, 0.2) is 6.07 Å². The minimum Gasteiger partial charge on any atom is -0.364 e. The van der Waals surface area contributed by atoms with Crippen molar-refractivity contribution in [3.63, 3.8) is 0 Å². The quantitative estimate of drug-likeness (QED) is 0.740. The van der Waals surface area contributed by atoms with Crippen LogP contribution in [0.4, 0.5) is 18.9 Å². The van der Waals surface area contributed by atoms with Crippen LogP contribution in [0.1, 0.15) is 5.56 Å². The van der Waals surface area contributed by atoms with Crippen LogP contribution < -0.4 is 10.2 Å². The van der Waals surface area contributed by atoms with Crippen molar-refractivity contribution in [1.82, 2.24) is 5.32 Å². The molecule has 0 radical (unpaired) electrons. The predicted molar refractivity (Wildman–Crippen MR) is 56.1 cm³/mol. The molecule has 1 N–H and O–H groups in total. The van der Waals surface area contributed by atoms with E-state index in [9.17, 15) is 13.2 Å². The number of rotatable bonds is 1. The molecule has 0 spiro atoms. The Bertz CT molecular complexity index is 374. The number of piperazine rings is 1. The summed E-state index contributed by atoms with van der Waals surface area (Å²) < 4.78 is 40.5. The maximum Gasteiger partial charge on any atom is 0.185 e. The topological polar surface area (TPSA) is 15.3 Å². The average molecular weight is 230 g/mol. The summed E-state index contributed by atoms with van der Waals surface area (Å²) in [6.07, 6.45) is 0. The van der Waals surface area contributed by atoms with Crippen molar-refractivity contribution in [2.75, 3.05) is 31.1 Å². The summed E-state index contributed by atoms with van der Waals surface area (Å²) in [6.45, 7) is 3.69. The maximum atomic E-state index is 13.8. The summed E-state index contributed by atoms with van der Waals surface area (Å²) in [5, 5.41) is 3.07. The van der Waals surface area contributed by atoms with Crippen molar-refractivity contribution < 1.29 is 13.2 Å². The predicted octanol–water partition coefficient (Wildman–Crippen LogP) is 1.82. The molecule has 0 atom stereocenters. The van der Waals surface area contributed by atoms with Crippen molar-refractivity contribution in [2.24, 2.45) is 0 Å². The number of nitrogens with zero attached hydrogens (tertiary/aromatic N) is 1. The Balaban J connectivity index is 2.45. The van der Waals surface area contributed by atoms with E-state index in [-0.39, 0.29) is 11.3 Å². The lowest BCUT2D eigenvalue weighted by Gasteiger charge is -2.30. The van der Waals surface area contributed by atoms with E-state index in [4.69, 9.17) is 0 Å². The Kier molecular flexibility index (Phi) is 3.05. The van der Waals surface area contributed by atoms with E-state index in [0.29, 0.717) is 26.2 Å². The van der Waals surface area contributed by atoms with Crippen molar-refractivity contribution in [3.05, 3.63) is 29.1 Å². The van der Waals surface area contributed by atoms with E-state index >= 15 is 0 Å². The largest absolute Gasteiger partial charge is 0.364 e. The van der Waals surface area contributed by atoms with Gasteiger partial charge in [0, 0.05) is 26.2 Å². The molecule has 0 aliphatic carbocycles. The van der Waals surface area contributed by atoms with Crippen LogP contribution in [0.25, 0.3) is 0 Å². The zero-order valence-corrected chi connectivity index (χ0v) is 8.99. The molecule has 1 fully saturated rings. The van der Waals surface area contributed by atoms with Crippen LogP contribution >= 0.6 is 0 Å². The molecule has 2 rings (SSSR count). The minimum absolute atomic E-state index is 0.132. The average Bonchev–Trinajstić information content (AvgIpc) is 2.28. The zero-order chi connectivity index (χ0) is 11.7. The summed E-state index contributed by atoms with van der Waals surface area (Å²) in [6, 6.07) is 0.885. The second-order valence-corrected chi connectivity index (χ2v) is 3.89. The molecule has 0 unspecified atom stereocenters. The molecule has 2 nitrogen and oxygen atoms in total. The highest BCUT2D eigenvalue weighted by atomic mass is 19.2. The lowest BCUT2D eigenvalue weighted by atomic mass is 10.1. The van der Waals surface area contributed by atoms with Gasteiger partial charge in [0.1, 0.15) is 5.69 Å². The van der Waals surface area contributed by atoms with E-state index in [1.54, 1.807) is 0 Å². The van der Waals surface area contributed by atoms with Gasteiger partial charge in [-0.25, -0.2) is 13.2 Å². The summed E-state index contributed by atoms with van der Waals surface area (Å²) in [5.41, 5.74) is -0.105. The number of benzene rings is 1. The van der Waals surface area contributed by atoms with Crippen molar-refractivity contribution in [2.45, 2.75) is 6.92 Å². The molecule has 1 saturated heterocycles. The summed E-state index contributed by atoms with van der Waals surface area (Å²) in [7, 11) is 0. The van der Waals surface area contributed by atoms with E-state index in [1.165, 1.54) is 11.8 Å². The number of nitrogens with one attached hydrogen (secondary N) is 1. The number of aryl methyl sites for hydroxylation is 1. The van der Waals surface area contributed by atoms with Crippen LogP contribution in [0.2, 0.25) is 0 Å². The fourth-order valence-electron chi connectivity index (χ4n) is 1.88. The first kappa shape index (κ1) is 11.3. The second kappa shape index (κ2) is 4.33. The molecule has 1 aliphatic heterocycles. The SMILES string of the molecule is Cc1cc(F)c(F)c(N2CCNCC2)c1F. The lowest BCUT2D eigenvalue weighted by Crippen LogP contribution is -2.44. The molecule has 16 heavy (non-hydrogen) atoms. The molecule has 0 aromatic heterocycles. The first-order valence-corrected chi connectivity index (χ1v) is 5.21. The first-order valence-electron chi connectivity index (χ1n) is 5.21. The molecule has 1 heterocycles. The van der Waals surface area contributed by atoms with E-state index in [1.807, 2.05) is 0 Å². The Hall–Kier alpha value is -1.23. The molecule has 88 valence electrons. The van der Waals surface area contributed by atoms with Gasteiger partial charge in [0.2, 0.25) is 0 Å². The highest BCUT2D eigenvalue weighted by Gasteiger charge is 2.23. The molecular formula is C11H13F3N2. The third-order valence-electron chi connectivity index (χ3n) is 2.75. The Morgan fingerprint density at radius 1 is 1.12 bits per heavy atom. The van der Waals surface area contributed by atoms with Crippen LogP contribution in [-0.4, -0.2) is 26.2 Å². The zero-order valence-electron chi connectivity index (χ0n) is 8.99. The molecule has 1 aromatic rings. The summed E-state index contributed by atoms with van der Waals surface area (Å²) in [4.78, 5) is 1.54. The number of hydrogen-bond acceptors (Lipinski definition) is 2. The van der Waals surface area contributed by atoms with Gasteiger partial charge in [0.25, 0.3) is 0 Å². The van der Waals surface area contributed by atoms with Gasteiger partial charge in [-0.05, 0) is 18.6 Å². The van der Waals surface area contributed by atoms with E-state index < -0.39 is 17.5 Å². The van der Waals surface area contributed by atoms with Gasteiger partial charge in [-0.3, -0.25) is 0 Å². The normalized spacial score (nSPS) is 16.6. The van der Waals surface area contributed by atoms with Gasteiger partial charge in [-0.1, -0.05) is 0 Å². The van der Waals surface area contributed by atoms with Gasteiger partial charge in [-0.15, -0.1) is 0 Å². The second-order valence-electron chi connectivity index (χ2n) is 3.89. The molecule has 1 aliphatic rings. The number of anilines is 1. The van der Waals surface area contributed by atoms with Crippen molar-refractivity contribution in [3.8, 4) is 0 Å². The third-order valence-corrected chi connectivity index (χ3v) is 2.75. The fraction of sp³-hybridized carbons (Fsp3) is 0.455. The van der Waals surface area contributed by atoms with Crippen LogP contribution in [0.3, 0.4) is 0 Å². The van der Waals surface area contributed by atoms with Crippen molar-refractivity contribution >= 4 is 5.69 Å². The van der Waals surface area contributed by atoms with Gasteiger partial charge >= 0.3 is 0 Å². The molecule has 0 saturated carbocycles. The smallest absolute Gasteiger partial charge is 0.185 e. The molecule has 0 bridgehead atoms. The van der Waals surface area contributed by atoms with Gasteiger partial charge in [0.15, 0.2) is 17.5 Å². The maximum absolute atomic E-state index is 13.8. The Morgan fingerprint density at radius 2 is 1.75 bits per heavy atom.